The topological polar surface area (TPSA) is 18.5 Å². The lowest BCUT2D eigenvalue weighted by atomic mass is 9.88. The molecule has 0 radical (unpaired) electrons. The molecular weight excluding hydrogens is 300 g/mol. The van der Waals surface area contributed by atoms with Crippen LogP contribution in [0.1, 0.15) is 23.5 Å². The van der Waals surface area contributed by atoms with Gasteiger partial charge in [-0.15, -0.1) is 25.3 Å². The van der Waals surface area contributed by atoms with Gasteiger partial charge in [-0.2, -0.15) is 0 Å². The zero-order valence-electron chi connectivity index (χ0n) is 12.2. The van der Waals surface area contributed by atoms with Crippen molar-refractivity contribution in [3.05, 3.63) is 53.6 Å². The summed E-state index contributed by atoms with van der Waals surface area (Å²) in [6.45, 7) is 0.707. The smallest absolute Gasteiger partial charge is 0.132 e. The van der Waals surface area contributed by atoms with E-state index in [4.69, 9.17) is 9.47 Å². The van der Waals surface area contributed by atoms with Gasteiger partial charge in [-0.25, -0.2) is 0 Å². The Morgan fingerprint density at radius 1 is 0.952 bits per heavy atom. The maximum absolute atomic E-state index is 5.38. The molecule has 2 nitrogen and oxygen atoms in total. The lowest BCUT2D eigenvalue weighted by molar-refractivity contribution is 0.191. The van der Waals surface area contributed by atoms with Gasteiger partial charge in [-0.1, -0.05) is 18.2 Å². The van der Waals surface area contributed by atoms with Gasteiger partial charge in [0.15, 0.2) is 0 Å². The third-order valence-electron chi connectivity index (χ3n) is 3.51. The van der Waals surface area contributed by atoms with E-state index in [1.54, 1.807) is 14.2 Å². The minimum atomic E-state index is 0.265. The summed E-state index contributed by atoms with van der Waals surface area (Å²) < 4.78 is 10.6. The van der Waals surface area contributed by atoms with Crippen LogP contribution < -0.4 is 4.74 Å². The van der Waals surface area contributed by atoms with Crippen LogP contribution in [-0.4, -0.2) is 20.8 Å². The minimum Gasteiger partial charge on any atom is -0.496 e. The third kappa shape index (κ3) is 4.19. The van der Waals surface area contributed by atoms with Gasteiger partial charge in [0.25, 0.3) is 0 Å². The van der Waals surface area contributed by atoms with Crippen molar-refractivity contribution in [1.29, 1.82) is 0 Å². The highest BCUT2D eigenvalue weighted by atomic mass is 32.1. The van der Waals surface area contributed by atoms with Crippen molar-refractivity contribution in [2.24, 2.45) is 0 Å². The number of hydrogen-bond donors (Lipinski definition) is 2. The molecule has 2 aromatic rings. The number of thiol groups is 2. The van der Waals surface area contributed by atoms with E-state index in [9.17, 15) is 0 Å². The zero-order chi connectivity index (χ0) is 15.2. The first-order valence-corrected chi connectivity index (χ1v) is 7.70. The average Bonchev–Trinajstić information content (AvgIpc) is 2.50. The van der Waals surface area contributed by atoms with E-state index in [0.717, 1.165) is 22.0 Å². The molecule has 0 heterocycles. The molecule has 112 valence electrons. The van der Waals surface area contributed by atoms with E-state index in [-0.39, 0.29) is 5.92 Å². The summed E-state index contributed by atoms with van der Waals surface area (Å²) in [4.78, 5) is 1.81. The molecule has 1 unspecified atom stereocenters. The highest BCUT2D eigenvalue weighted by Crippen LogP contribution is 2.33. The van der Waals surface area contributed by atoms with Gasteiger partial charge in [0.1, 0.15) is 5.75 Å². The van der Waals surface area contributed by atoms with Gasteiger partial charge in [-0.05, 0) is 41.8 Å². The Hall–Kier alpha value is -1.10. The number of ether oxygens (including phenoxy) is 2. The van der Waals surface area contributed by atoms with Crippen molar-refractivity contribution < 1.29 is 9.47 Å². The molecule has 0 fully saturated rings. The molecular formula is C17H20O2S2. The van der Waals surface area contributed by atoms with Crippen LogP contribution in [0.3, 0.4) is 0 Å². The molecule has 0 bridgehead atoms. The summed E-state index contributed by atoms with van der Waals surface area (Å²) in [6.07, 6.45) is 0.914. The maximum Gasteiger partial charge on any atom is 0.132 e. The van der Waals surface area contributed by atoms with Gasteiger partial charge in [0.2, 0.25) is 0 Å². The average molecular weight is 320 g/mol. The summed E-state index contributed by atoms with van der Waals surface area (Å²) in [5.41, 5.74) is 2.45. The molecule has 0 aliphatic rings. The monoisotopic (exact) mass is 320 g/mol. The largest absolute Gasteiger partial charge is 0.496 e. The van der Waals surface area contributed by atoms with E-state index in [1.165, 1.54) is 11.1 Å². The Kier molecular flexibility index (Phi) is 6.03. The van der Waals surface area contributed by atoms with Gasteiger partial charge in [0, 0.05) is 29.4 Å². The predicted octanol–water partition coefficient (Wildman–Crippen LogP) is 4.44. The molecule has 4 heteroatoms. The molecule has 0 saturated heterocycles. The summed E-state index contributed by atoms with van der Waals surface area (Å²) in [6, 6.07) is 14.4. The highest BCUT2D eigenvalue weighted by molar-refractivity contribution is 7.80. The Balaban J connectivity index is 2.37. The summed E-state index contributed by atoms with van der Waals surface area (Å²) in [7, 11) is 3.39. The second-order valence-corrected chi connectivity index (χ2v) is 5.86. The standard InChI is InChI=1S/C17H20O2S2/c1-18-10-9-15(12-3-6-14(20)7-4-12)13-5-8-17(21)16(11-13)19-2/h3-8,11,15,20-21H,9-10H2,1-2H3. The fraction of sp³-hybridized carbons (Fsp3) is 0.294. The summed E-state index contributed by atoms with van der Waals surface area (Å²) in [5, 5.41) is 0. The Morgan fingerprint density at radius 3 is 2.24 bits per heavy atom. The van der Waals surface area contributed by atoms with Crippen molar-refractivity contribution in [3.63, 3.8) is 0 Å². The van der Waals surface area contributed by atoms with Gasteiger partial charge < -0.3 is 9.47 Å². The second-order valence-electron chi connectivity index (χ2n) is 4.86. The molecule has 0 N–H and O–H groups in total. The Labute approximate surface area is 137 Å². The first-order chi connectivity index (χ1) is 10.2. The Morgan fingerprint density at radius 2 is 1.62 bits per heavy atom. The number of rotatable bonds is 6. The van der Waals surface area contributed by atoms with Gasteiger partial charge in [0.05, 0.1) is 7.11 Å². The fourth-order valence-corrected chi connectivity index (χ4v) is 2.76. The lowest BCUT2D eigenvalue weighted by Gasteiger charge is -2.19. The quantitative estimate of drug-likeness (QED) is 0.767. The molecule has 0 aliphatic carbocycles. The van der Waals surface area contributed by atoms with Crippen molar-refractivity contribution in [3.8, 4) is 5.75 Å². The van der Waals surface area contributed by atoms with Crippen LogP contribution in [0.25, 0.3) is 0 Å². The molecule has 2 aromatic carbocycles. The van der Waals surface area contributed by atoms with Crippen molar-refractivity contribution in [1.82, 2.24) is 0 Å². The SMILES string of the molecule is COCCC(c1ccc(S)cc1)c1ccc(S)c(OC)c1. The fourth-order valence-electron chi connectivity index (χ4n) is 2.38. The van der Waals surface area contributed by atoms with Crippen LogP contribution in [0.2, 0.25) is 0 Å². The number of benzene rings is 2. The molecule has 2 rings (SSSR count). The molecule has 0 amide bonds. The third-order valence-corrected chi connectivity index (χ3v) is 4.18. The normalized spacial score (nSPS) is 12.2. The zero-order valence-corrected chi connectivity index (χ0v) is 14.0. The van der Waals surface area contributed by atoms with Crippen LogP contribution in [-0.2, 0) is 4.74 Å². The van der Waals surface area contributed by atoms with Gasteiger partial charge >= 0.3 is 0 Å². The Bertz CT molecular complexity index is 582. The van der Waals surface area contributed by atoms with Crippen LogP contribution in [0.5, 0.6) is 5.75 Å². The van der Waals surface area contributed by atoms with E-state index in [0.29, 0.717) is 6.61 Å². The van der Waals surface area contributed by atoms with E-state index < -0.39 is 0 Å². The summed E-state index contributed by atoms with van der Waals surface area (Å²) >= 11 is 8.75. The van der Waals surface area contributed by atoms with E-state index >= 15 is 0 Å². The molecule has 0 aromatic heterocycles. The van der Waals surface area contributed by atoms with Crippen molar-refractivity contribution in [2.45, 2.75) is 22.1 Å². The minimum absolute atomic E-state index is 0.265. The molecule has 0 spiro atoms. The number of hydrogen-bond acceptors (Lipinski definition) is 4. The van der Waals surface area contributed by atoms with Crippen LogP contribution in [0.15, 0.2) is 52.3 Å². The predicted molar refractivity (Wildman–Crippen MR) is 92.3 cm³/mol. The van der Waals surface area contributed by atoms with Crippen LogP contribution in [0, 0.1) is 0 Å². The van der Waals surface area contributed by atoms with E-state index in [1.807, 2.05) is 18.2 Å². The van der Waals surface area contributed by atoms with Crippen LogP contribution >= 0.6 is 25.3 Å². The van der Waals surface area contributed by atoms with Crippen molar-refractivity contribution >= 4 is 25.3 Å². The lowest BCUT2D eigenvalue weighted by Crippen LogP contribution is -2.05. The van der Waals surface area contributed by atoms with Crippen molar-refractivity contribution in [2.75, 3.05) is 20.8 Å². The van der Waals surface area contributed by atoms with Crippen LogP contribution in [0.4, 0.5) is 0 Å². The first kappa shape index (κ1) is 16.3. The molecule has 1 atom stereocenters. The highest BCUT2D eigenvalue weighted by Gasteiger charge is 2.15. The summed E-state index contributed by atoms with van der Waals surface area (Å²) in [5.74, 6) is 1.06. The molecule has 0 aliphatic heterocycles. The van der Waals surface area contributed by atoms with E-state index in [2.05, 4.69) is 49.5 Å². The molecule has 21 heavy (non-hydrogen) atoms. The first-order valence-electron chi connectivity index (χ1n) is 6.80. The second kappa shape index (κ2) is 7.78. The maximum atomic E-state index is 5.38. The number of methoxy groups -OCH3 is 2. The molecule has 0 saturated carbocycles. The van der Waals surface area contributed by atoms with Gasteiger partial charge in [-0.3, -0.25) is 0 Å².